The summed E-state index contributed by atoms with van der Waals surface area (Å²) in [7, 11) is 1.78. The van der Waals surface area contributed by atoms with Gasteiger partial charge in [0, 0.05) is 26.3 Å². The molecule has 1 amide bonds. The zero-order chi connectivity index (χ0) is 12.1. The van der Waals surface area contributed by atoms with E-state index in [9.17, 15) is 4.79 Å². The minimum Gasteiger partial charge on any atom is -0.396 e. The third-order valence-electron chi connectivity index (χ3n) is 2.51. The first-order valence-corrected chi connectivity index (χ1v) is 5.68. The Labute approximate surface area is 96.2 Å². The Morgan fingerprint density at radius 2 is 2.25 bits per heavy atom. The van der Waals surface area contributed by atoms with Gasteiger partial charge in [0.2, 0.25) is 0 Å². The van der Waals surface area contributed by atoms with Crippen LogP contribution in [0.15, 0.2) is 6.20 Å². The lowest BCUT2D eigenvalue weighted by molar-refractivity contribution is 0.0787. The summed E-state index contributed by atoms with van der Waals surface area (Å²) in [5.41, 5.74) is 6.57. The van der Waals surface area contributed by atoms with Crippen molar-refractivity contribution in [1.82, 2.24) is 14.7 Å². The molecule has 0 aliphatic heterocycles. The number of nitrogens with two attached hydrogens (primary N) is 1. The number of hydrogen-bond acceptors (Lipinski definition) is 3. The van der Waals surface area contributed by atoms with Crippen LogP contribution in [0.1, 0.15) is 37.2 Å². The highest BCUT2D eigenvalue weighted by Gasteiger charge is 2.17. The quantitative estimate of drug-likeness (QED) is 0.821. The fourth-order valence-corrected chi connectivity index (χ4v) is 1.44. The minimum atomic E-state index is -0.0989. The molecule has 0 radical (unpaired) electrons. The Balaban J connectivity index is 2.75. The first-order chi connectivity index (χ1) is 7.60. The Morgan fingerprint density at radius 3 is 2.75 bits per heavy atom. The Morgan fingerprint density at radius 1 is 1.56 bits per heavy atom. The molecule has 0 bridgehead atoms. The number of rotatable bonds is 5. The van der Waals surface area contributed by atoms with E-state index in [-0.39, 0.29) is 5.91 Å². The lowest BCUT2D eigenvalue weighted by atomic mass is 10.3. The van der Waals surface area contributed by atoms with Crippen LogP contribution >= 0.6 is 0 Å². The van der Waals surface area contributed by atoms with Crippen molar-refractivity contribution in [3.63, 3.8) is 0 Å². The predicted molar refractivity (Wildman–Crippen MR) is 64.2 cm³/mol. The largest absolute Gasteiger partial charge is 0.396 e. The van der Waals surface area contributed by atoms with Crippen molar-refractivity contribution in [2.75, 3.05) is 19.3 Å². The van der Waals surface area contributed by atoms with Crippen molar-refractivity contribution in [2.24, 2.45) is 0 Å². The molecule has 16 heavy (non-hydrogen) atoms. The van der Waals surface area contributed by atoms with Gasteiger partial charge in [-0.3, -0.25) is 9.48 Å². The van der Waals surface area contributed by atoms with Gasteiger partial charge in [-0.1, -0.05) is 13.3 Å². The summed E-state index contributed by atoms with van der Waals surface area (Å²) in [6, 6.07) is 0. The fraction of sp³-hybridized carbons (Fsp3) is 0.636. The SMILES string of the molecule is CCCCN(C)C(=O)c1nn(CC)cc1N. The van der Waals surface area contributed by atoms with Gasteiger partial charge in [0.25, 0.3) is 5.91 Å². The number of nitrogens with zero attached hydrogens (tertiary/aromatic N) is 3. The Hall–Kier alpha value is -1.52. The first-order valence-electron chi connectivity index (χ1n) is 5.68. The highest BCUT2D eigenvalue weighted by molar-refractivity contribution is 5.96. The van der Waals surface area contributed by atoms with Gasteiger partial charge < -0.3 is 10.6 Å². The molecule has 0 aliphatic carbocycles. The van der Waals surface area contributed by atoms with Gasteiger partial charge >= 0.3 is 0 Å². The average Bonchev–Trinajstić information content (AvgIpc) is 2.66. The number of amides is 1. The van der Waals surface area contributed by atoms with E-state index in [0.717, 1.165) is 25.9 Å². The van der Waals surface area contributed by atoms with Crippen LogP contribution in [0.4, 0.5) is 5.69 Å². The molecule has 1 aromatic rings. The molecule has 0 aromatic carbocycles. The molecule has 0 aliphatic rings. The van der Waals surface area contributed by atoms with Crippen LogP contribution in [0, 0.1) is 0 Å². The number of carbonyl (C=O) groups is 1. The average molecular weight is 224 g/mol. The number of anilines is 1. The molecule has 0 fully saturated rings. The van der Waals surface area contributed by atoms with Crippen molar-refractivity contribution < 1.29 is 4.79 Å². The van der Waals surface area contributed by atoms with Gasteiger partial charge in [-0.15, -0.1) is 0 Å². The summed E-state index contributed by atoms with van der Waals surface area (Å²) < 4.78 is 1.68. The van der Waals surface area contributed by atoms with E-state index in [2.05, 4.69) is 12.0 Å². The van der Waals surface area contributed by atoms with Gasteiger partial charge in [-0.25, -0.2) is 0 Å². The number of aryl methyl sites for hydroxylation is 1. The van der Waals surface area contributed by atoms with Crippen molar-refractivity contribution in [1.29, 1.82) is 0 Å². The zero-order valence-corrected chi connectivity index (χ0v) is 10.2. The summed E-state index contributed by atoms with van der Waals surface area (Å²) in [6.45, 7) is 5.52. The monoisotopic (exact) mass is 224 g/mol. The van der Waals surface area contributed by atoms with E-state index in [1.807, 2.05) is 6.92 Å². The summed E-state index contributed by atoms with van der Waals surface area (Å²) in [5.74, 6) is -0.0989. The van der Waals surface area contributed by atoms with Gasteiger partial charge in [0.05, 0.1) is 5.69 Å². The number of unbranched alkanes of at least 4 members (excludes halogenated alkanes) is 1. The van der Waals surface area contributed by atoms with E-state index in [1.165, 1.54) is 0 Å². The summed E-state index contributed by atoms with van der Waals surface area (Å²) in [6.07, 6.45) is 3.76. The number of nitrogen functional groups attached to an aromatic ring is 1. The molecule has 0 atom stereocenters. The van der Waals surface area contributed by atoms with Crippen LogP contribution in [0.5, 0.6) is 0 Å². The second-order valence-corrected chi connectivity index (χ2v) is 3.87. The summed E-state index contributed by atoms with van der Waals surface area (Å²) in [4.78, 5) is 13.6. The van der Waals surface area contributed by atoms with Crippen LogP contribution < -0.4 is 5.73 Å². The van der Waals surface area contributed by atoms with E-state index in [1.54, 1.807) is 22.8 Å². The molecular weight excluding hydrogens is 204 g/mol. The predicted octanol–water partition coefficient (Wildman–Crippen LogP) is 1.36. The van der Waals surface area contributed by atoms with Crippen molar-refractivity contribution in [2.45, 2.75) is 33.2 Å². The normalized spacial score (nSPS) is 10.4. The van der Waals surface area contributed by atoms with Gasteiger partial charge in [-0.2, -0.15) is 5.10 Å². The molecule has 1 aromatic heterocycles. The maximum atomic E-state index is 12.0. The molecule has 0 spiro atoms. The molecule has 5 heteroatoms. The van der Waals surface area contributed by atoms with Gasteiger partial charge in [0.1, 0.15) is 0 Å². The first kappa shape index (κ1) is 12.5. The highest BCUT2D eigenvalue weighted by Crippen LogP contribution is 2.11. The topological polar surface area (TPSA) is 64.2 Å². The van der Waals surface area contributed by atoms with Crippen LogP contribution in [-0.4, -0.2) is 34.2 Å². The van der Waals surface area contributed by atoms with E-state index in [0.29, 0.717) is 11.4 Å². The molecule has 1 heterocycles. The summed E-state index contributed by atoms with van der Waals surface area (Å²) in [5, 5.41) is 4.16. The third kappa shape index (κ3) is 2.74. The van der Waals surface area contributed by atoms with E-state index in [4.69, 9.17) is 5.73 Å². The van der Waals surface area contributed by atoms with Crippen molar-refractivity contribution in [3.8, 4) is 0 Å². The Bertz CT molecular complexity index is 359. The number of hydrogen-bond donors (Lipinski definition) is 1. The van der Waals surface area contributed by atoms with Gasteiger partial charge in [0.15, 0.2) is 5.69 Å². The van der Waals surface area contributed by atoms with E-state index < -0.39 is 0 Å². The summed E-state index contributed by atoms with van der Waals surface area (Å²) >= 11 is 0. The third-order valence-corrected chi connectivity index (χ3v) is 2.51. The highest BCUT2D eigenvalue weighted by atomic mass is 16.2. The lowest BCUT2D eigenvalue weighted by Crippen LogP contribution is -2.28. The van der Waals surface area contributed by atoms with Crippen LogP contribution in [0.2, 0.25) is 0 Å². The molecule has 5 nitrogen and oxygen atoms in total. The van der Waals surface area contributed by atoms with Crippen molar-refractivity contribution >= 4 is 11.6 Å². The lowest BCUT2D eigenvalue weighted by Gasteiger charge is -2.15. The van der Waals surface area contributed by atoms with Crippen molar-refractivity contribution in [3.05, 3.63) is 11.9 Å². The zero-order valence-electron chi connectivity index (χ0n) is 10.2. The number of aromatic nitrogens is 2. The number of carbonyl (C=O) groups excluding carboxylic acids is 1. The smallest absolute Gasteiger partial charge is 0.276 e. The molecular formula is C11H20N4O. The molecule has 0 saturated carbocycles. The van der Waals surface area contributed by atoms with Crippen LogP contribution in [0.25, 0.3) is 0 Å². The molecule has 2 N–H and O–H groups in total. The van der Waals surface area contributed by atoms with Crippen LogP contribution in [0.3, 0.4) is 0 Å². The van der Waals surface area contributed by atoms with E-state index >= 15 is 0 Å². The second kappa shape index (κ2) is 5.53. The molecule has 1 rings (SSSR count). The fourth-order valence-electron chi connectivity index (χ4n) is 1.44. The Kier molecular flexibility index (Phi) is 4.34. The molecule has 0 saturated heterocycles. The molecule has 0 unspecified atom stereocenters. The maximum Gasteiger partial charge on any atom is 0.276 e. The standard InChI is InChI=1S/C11H20N4O/c1-4-6-7-14(3)11(16)10-9(12)8-15(5-2)13-10/h8H,4-7,12H2,1-3H3. The maximum absolute atomic E-state index is 12.0. The molecule has 90 valence electrons. The second-order valence-electron chi connectivity index (χ2n) is 3.87. The minimum absolute atomic E-state index is 0.0989. The van der Waals surface area contributed by atoms with Gasteiger partial charge in [-0.05, 0) is 13.3 Å². The van der Waals surface area contributed by atoms with Crippen LogP contribution in [-0.2, 0) is 6.54 Å².